The first kappa shape index (κ1) is 14.6. The highest BCUT2D eigenvalue weighted by atomic mass is 35.5. The molecule has 0 aromatic heterocycles. The molecule has 0 spiro atoms. The quantitative estimate of drug-likeness (QED) is 0.785. The molecule has 86 valence electrons. The highest BCUT2D eigenvalue weighted by Gasteiger charge is 2.14. The highest BCUT2D eigenvalue weighted by molar-refractivity contribution is 7.98. The minimum atomic E-state index is 0. The molecular weight excluding hydrogens is 216 g/mol. The van der Waals surface area contributed by atoms with Gasteiger partial charge >= 0.3 is 0 Å². The summed E-state index contributed by atoms with van der Waals surface area (Å²) in [6.45, 7) is 4.96. The molecule has 0 saturated carbocycles. The first-order chi connectivity index (χ1) is 6.33. The van der Waals surface area contributed by atoms with Crippen LogP contribution in [0.5, 0.6) is 0 Å². The molecule has 1 aliphatic heterocycles. The second kappa shape index (κ2) is 8.84. The van der Waals surface area contributed by atoms with E-state index in [2.05, 4.69) is 23.5 Å². The van der Waals surface area contributed by atoms with E-state index in [0.717, 1.165) is 5.92 Å². The van der Waals surface area contributed by atoms with Gasteiger partial charge in [0.1, 0.15) is 0 Å². The van der Waals surface area contributed by atoms with Gasteiger partial charge in [-0.05, 0) is 45.2 Å². The fourth-order valence-corrected chi connectivity index (χ4v) is 2.35. The van der Waals surface area contributed by atoms with Gasteiger partial charge in [0.2, 0.25) is 0 Å². The van der Waals surface area contributed by atoms with Gasteiger partial charge in [-0.2, -0.15) is 11.8 Å². The molecule has 1 N–H and O–H groups in total. The second-order valence-corrected chi connectivity index (χ2v) is 4.95. The molecule has 0 aromatic carbocycles. The molecular formula is C10H23ClN2S. The average molecular weight is 239 g/mol. The Bertz CT molecular complexity index is 129. The predicted molar refractivity (Wildman–Crippen MR) is 68.7 cm³/mol. The lowest BCUT2D eigenvalue weighted by Gasteiger charge is -2.27. The fourth-order valence-electron chi connectivity index (χ4n) is 1.86. The van der Waals surface area contributed by atoms with Crippen LogP contribution in [-0.2, 0) is 0 Å². The fraction of sp³-hybridized carbons (Fsp3) is 1.00. The number of nitrogens with zero attached hydrogens (tertiary/aromatic N) is 1. The Hall–Kier alpha value is 0.560. The molecule has 1 rings (SSSR count). The summed E-state index contributed by atoms with van der Waals surface area (Å²) in [5.41, 5.74) is 0. The van der Waals surface area contributed by atoms with Gasteiger partial charge in [0.25, 0.3) is 0 Å². The van der Waals surface area contributed by atoms with Crippen LogP contribution in [0, 0.1) is 5.92 Å². The Balaban J connectivity index is 0.00000169. The first-order valence-corrected chi connectivity index (χ1v) is 6.60. The largest absolute Gasteiger partial charge is 0.316 e. The van der Waals surface area contributed by atoms with E-state index >= 15 is 0 Å². The standard InChI is InChI=1S/C10H22N2S.ClH/c1-12(6-7-13-2)9-10-4-3-5-11-8-10;/h10-11H,3-9H2,1-2H3;1H. The maximum absolute atomic E-state index is 3.46. The molecule has 0 aromatic rings. The van der Waals surface area contributed by atoms with Gasteiger partial charge in [-0.1, -0.05) is 0 Å². The topological polar surface area (TPSA) is 15.3 Å². The summed E-state index contributed by atoms with van der Waals surface area (Å²) in [6.07, 6.45) is 4.95. The number of thioether (sulfide) groups is 1. The highest BCUT2D eigenvalue weighted by Crippen LogP contribution is 2.10. The van der Waals surface area contributed by atoms with E-state index in [1.54, 1.807) is 0 Å². The van der Waals surface area contributed by atoms with E-state index in [4.69, 9.17) is 0 Å². The van der Waals surface area contributed by atoms with Crippen molar-refractivity contribution in [2.75, 3.05) is 45.2 Å². The average Bonchev–Trinajstić information content (AvgIpc) is 2.16. The summed E-state index contributed by atoms with van der Waals surface area (Å²) < 4.78 is 0. The Morgan fingerprint density at radius 3 is 2.86 bits per heavy atom. The third-order valence-electron chi connectivity index (χ3n) is 2.65. The monoisotopic (exact) mass is 238 g/mol. The van der Waals surface area contributed by atoms with Gasteiger partial charge in [-0.25, -0.2) is 0 Å². The van der Waals surface area contributed by atoms with Crippen molar-refractivity contribution in [3.8, 4) is 0 Å². The molecule has 4 heteroatoms. The molecule has 2 nitrogen and oxygen atoms in total. The van der Waals surface area contributed by atoms with E-state index in [1.807, 2.05) is 11.8 Å². The Morgan fingerprint density at radius 2 is 2.29 bits per heavy atom. The lowest BCUT2D eigenvalue weighted by Crippen LogP contribution is -2.37. The molecule has 1 unspecified atom stereocenters. The van der Waals surface area contributed by atoms with Crippen LogP contribution in [0.2, 0.25) is 0 Å². The van der Waals surface area contributed by atoms with Crippen molar-refractivity contribution in [3.63, 3.8) is 0 Å². The second-order valence-electron chi connectivity index (χ2n) is 3.97. The van der Waals surface area contributed by atoms with Crippen molar-refractivity contribution >= 4 is 24.2 Å². The van der Waals surface area contributed by atoms with Gasteiger partial charge in [-0.15, -0.1) is 12.4 Å². The van der Waals surface area contributed by atoms with Crippen LogP contribution in [0.3, 0.4) is 0 Å². The lowest BCUT2D eigenvalue weighted by molar-refractivity contribution is 0.253. The van der Waals surface area contributed by atoms with Crippen LogP contribution in [0.15, 0.2) is 0 Å². The summed E-state index contributed by atoms with van der Waals surface area (Å²) in [6, 6.07) is 0. The number of halogens is 1. The molecule has 0 amide bonds. The van der Waals surface area contributed by atoms with Crippen LogP contribution >= 0.6 is 24.2 Å². The zero-order valence-corrected chi connectivity index (χ0v) is 10.9. The lowest BCUT2D eigenvalue weighted by atomic mass is 9.99. The summed E-state index contributed by atoms with van der Waals surface area (Å²) in [7, 11) is 2.24. The van der Waals surface area contributed by atoms with Gasteiger partial charge < -0.3 is 10.2 Å². The minimum absolute atomic E-state index is 0. The smallest absolute Gasteiger partial charge is 0.00693 e. The van der Waals surface area contributed by atoms with Gasteiger partial charge in [0.05, 0.1) is 0 Å². The van der Waals surface area contributed by atoms with Gasteiger partial charge in [0, 0.05) is 18.8 Å². The molecule has 14 heavy (non-hydrogen) atoms. The first-order valence-electron chi connectivity index (χ1n) is 5.21. The van der Waals surface area contributed by atoms with Crippen molar-refractivity contribution in [1.82, 2.24) is 10.2 Å². The van der Waals surface area contributed by atoms with Crippen LogP contribution in [-0.4, -0.2) is 50.1 Å². The SMILES string of the molecule is CSCCN(C)CC1CCCNC1.Cl. The van der Waals surface area contributed by atoms with Crippen molar-refractivity contribution < 1.29 is 0 Å². The maximum atomic E-state index is 3.46. The Kier molecular flexibility index (Phi) is 9.19. The Labute approximate surface area is 98.6 Å². The van der Waals surface area contributed by atoms with Crippen molar-refractivity contribution in [2.45, 2.75) is 12.8 Å². The number of rotatable bonds is 5. The van der Waals surface area contributed by atoms with Gasteiger partial charge in [0.15, 0.2) is 0 Å². The number of hydrogen-bond donors (Lipinski definition) is 1. The van der Waals surface area contributed by atoms with Crippen LogP contribution in [0.1, 0.15) is 12.8 Å². The molecule has 1 fully saturated rings. The van der Waals surface area contributed by atoms with E-state index < -0.39 is 0 Å². The van der Waals surface area contributed by atoms with Crippen LogP contribution < -0.4 is 5.32 Å². The molecule has 0 aliphatic carbocycles. The van der Waals surface area contributed by atoms with Crippen LogP contribution in [0.4, 0.5) is 0 Å². The van der Waals surface area contributed by atoms with Gasteiger partial charge in [-0.3, -0.25) is 0 Å². The minimum Gasteiger partial charge on any atom is -0.316 e. The zero-order chi connectivity index (χ0) is 9.52. The molecule has 0 radical (unpaired) electrons. The van der Waals surface area contributed by atoms with Crippen LogP contribution in [0.25, 0.3) is 0 Å². The third-order valence-corrected chi connectivity index (χ3v) is 3.24. The molecule has 1 aliphatic rings. The maximum Gasteiger partial charge on any atom is 0.00693 e. The Morgan fingerprint density at radius 1 is 1.50 bits per heavy atom. The van der Waals surface area contributed by atoms with Crippen molar-refractivity contribution in [1.29, 1.82) is 0 Å². The van der Waals surface area contributed by atoms with E-state index in [0.29, 0.717) is 0 Å². The molecule has 1 atom stereocenters. The van der Waals surface area contributed by atoms with E-state index in [-0.39, 0.29) is 12.4 Å². The van der Waals surface area contributed by atoms with E-state index in [9.17, 15) is 0 Å². The number of hydrogen-bond acceptors (Lipinski definition) is 3. The number of piperidine rings is 1. The summed E-state index contributed by atoms with van der Waals surface area (Å²) >= 11 is 1.93. The molecule has 1 heterocycles. The van der Waals surface area contributed by atoms with E-state index in [1.165, 1.54) is 44.8 Å². The molecule has 0 bridgehead atoms. The summed E-state index contributed by atoms with van der Waals surface area (Å²) in [5.74, 6) is 2.15. The zero-order valence-electron chi connectivity index (χ0n) is 9.29. The third kappa shape index (κ3) is 6.12. The number of nitrogens with one attached hydrogen (secondary N) is 1. The predicted octanol–water partition coefficient (Wildman–Crippen LogP) is 1.70. The molecule has 1 saturated heterocycles. The van der Waals surface area contributed by atoms with Crippen molar-refractivity contribution in [2.24, 2.45) is 5.92 Å². The van der Waals surface area contributed by atoms with Crippen molar-refractivity contribution in [3.05, 3.63) is 0 Å². The normalized spacial score (nSPS) is 22.1. The summed E-state index contributed by atoms with van der Waals surface area (Å²) in [4.78, 5) is 2.47. The summed E-state index contributed by atoms with van der Waals surface area (Å²) in [5, 5.41) is 3.46.